The largest absolute Gasteiger partial charge is 0.298 e. The van der Waals surface area contributed by atoms with E-state index < -0.39 is 0 Å². The summed E-state index contributed by atoms with van der Waals surface area (Å²) >= 11 is 3.44. The normalized spacial score (nSPS) is 10.8. The quantitative estimate of drug-likeness (QED) is 0.682. The molecule has 78 valence electrons. The first-order valence-electron chi connectivity index (χ1n) is 4.88. The highest BCUT2D eigenvalue weighted by molar-refractivity contribution is 9.10. The molecule has 3 aromatic heterocycles. The summed E-state index contributed by atoms with van der Waals surface area (Å²) in [6, 6.07) is 9.83. The summed E-state index contributed by atoms with van der Waals surface area (Å²) in [4.78, 5) is 8.69. The molecule has 4 heteroatoms. The Morgan fingerprint density at radius 2 is 2.06 bits per heavy atom. The first-order chi connectivity index (χ1) is 7.84. The molecule has 0 unspecified atom stereocenters. The lowest BCUT2D eigenvalue weighted by Gasteiger charge is -2.00. The minimum Gasteiger partial charge on any atom is -0.298 e. The summed E-state index contributed by atoms with van der Waals surface area (Å²) in [6.07, 6.45) is 5.60. The molecule has 0 saturated carbocycles. The van der Waals surface area contributed by atoms with Gasteiger partial charge in [-0.25, -0.2) is 4.98 Å². The van der Waals surface area contributed by atoms with Crippen LogP contribution in [0.2, 0.25) is 0 Å². The molecule has 0 aromatic carbocycles. The molecule has 3 nitrogen and oxygen atoms in total. The topological polar surface area (TPSA) is 30.2 Å². The van der Waals surface area contributed by atoms with Crippen LogP contribution < -0.4 is 0 Å². The van der Waals surface area contributed by atoms with Crippen molar-refractivity contribution in [1.82, 2.24) is 14.4 Å². The molecule has 3 aromatic rings. The number of nitrogens with zero attached hydrogens (tertiary/aromatic N) is 3. The van der Waals surface area contributed by atoms with Crippen molar-refractivity contribution in [2.45, 2.75) is 0 Å². The molecule has 0 atom stereocenters. The summed E-state index contributed by atoms with van der Waals surface area (Å²) in [7, 11) is 0. The van der Waals surface area contributed by atoms with E-state index in [2.05, 4.69) is 25.9 Å². The zero-order chi connectivity index (χ0) is 11.0. The third kappa shape index (κ3) is 1.51. The van der Waals surface area contributed by atoms with Gasteiger partial charge in [0.25, 0.3) is 0 Å². The van der Waals surface area contributed by atoms with Gasteiger partial charge in [0, 0.05) is 16.9 Å². The fraction of sp³-hybridized carbons (Fsp3) is 0. The second-order valence-corrected chi connectivity index (χ2v) is 4.35. The zero-order valence-electron chi connectivity index (χ0n) is 8.34. The molecule has 16 heavy (non-hydrogen) atoms. The Hall–Kier alpha value is -1.68. The van der Waals surface area contributed by atoms with Gasteiger partial charge in [0.15, 0.2) is 5.82 Å². The second-order valence-electron chi connectivity index (χ2n) is 3.44. The molecule has 0 bridgehead atoms. The Bertz CT molecular complexity index is 631. The number of fused-ring (bicyclic) bond motifs is 1. The van der Waals surface area contributed by atoms with Crippen LogP contribution in [0.5, 0.6) is 0 Å². The Labute approximate surface area is 101 Å². The minimum absolute atomic E-state index is 0.864. The van der Waals surface area contributed by atoms with Gasteiger partial charge in [0.1, 0.15) is 5.69 Å². The average molecular weight is 274 g/mol. The molecule has 0 fully saturated rings. The summed E-state index contributed by atoms with van der Waals surface area (Å²) in [5.74, 6) is 0.864. The fourth-order valence-corrected chi connectivity index (χ4v) is 2.01. The molecule has 0 amide bonds. The Kier molecular flexibility index (Phi) is 2.22. The maximum Gasteiger partial charge on any atom is 0.163 e. The summed E-state index contributed by atoms with van der Waals surface area (Å²) < 4.78 is 3.07. The van der Waals surface area contributed by atoms with E-state index in [4.69, 9.17) is 0 Å². The molecule has 3 heterocycles. The molecular formula is C12H8BrN3. The number of pyridine rings is 2. The van der Waals surface area contributed by atoms with Crippen LogP contribution in [0.1, 0.15) is 0 Å². The van der Waals surface area contributed by atoms with Gasteiger partial charge in [0.2, 0.25) is 0 Å². The van der Waals surface area contributed by atoms with Crippen molar-refractivity contribution >= 4 is 21.4 Å². The molecule has 0 spiro atoms. The predicted molar refractivity (Wildman–Crippen MR) is 66.1 cm³/mol. The number of hydrogen-bond donors (Lipinski definition) is 0. The van der Waals surface area contributed by atoms with E-state index in [-0.39, 0.29) is 0 Å². The molecule has 0 aliphatic heterocycles. The summed E-state index contributed by atoms with van der Waals surface area (Å²) in [5.41, 5.74) is 1.93. The molecule has 0 N–H and O–H groups in total. The van der Waals surface area contributed by atoms with Crippen molar-refractivity contribution in [2.24, 2.45) is 0 Å². The van der Waals surface area contributed by atoms with Gasteiger partial charge < -0.3 is 0 Å². The monoisotopic (exact) mass is 273 g/mol. The van der Waals surface area contributed by atoms with Crippen molar-refractivity contribution in [2.75, 3.05) is 0 Å². The molecular weight excluding hydrogens is 266 g/mol. The fourth-order valence-electron chi connectivity index (χ4n) is 1.66. The van der Waals surface area contributed by atoms with E-state index in [0.717, 1.165) is 21.5 Å². The van der Waals surface area contributed by atoms with Gasteiger partial charge >= 0.3 is 0 Å². The highest BCUT2D eigenvalue weighted by atomic mass is 79.9. The van der Waals surface area contributed by atoms with E-state index in [1.807, 2.05) is 47.1 Å². The summed E-state index contributed by atoms with van der Waals surface area (Å²) in [6.45, 7) is 0. The maximum absolute atomic E-state index is 4.39. The predicted octanol–water partition coefficient (Wildman–Crippen LogP) is 3.16. The number of imidazole rings is 1. The van der Waals surface area contributed by atoms with Crippen LogP contribution in [0, 0.1) is 0 Å². The van der Waals surface area contributed by atoms with Crippen molar-refractivity contribution in [3.63, 3.8) is 0 Å². The van der Waals surface area contributed by atoms with Gasteiger partial charge in [-0.15, -0.1) is 0 Å². The molecule has 3 rings (SSSR count). The Balaban J connectivity index is 2.26. The van der Waals surface area contributed by atoms with Gasteiger partial charge in [-0.05, 0) is 24.3 Å². The smallest absolute Gasteiger partial charge is 0.163 e. The van der Waals surface area contributed by atoms with Crippen molar-refractivity contribution < 1.29 is 0 Å². The van der Waals surface area contributed by atoms with Crippen LogP contribution in [0.4, 0.5) is 0 Å². The lowest BCUT2D eigenvalue weighted by molar-refractivity contribution is 1.13. The lowest BCUT2D eigenvalue weighted by atomic mass is 10.3. The van der Waals surface area contributed by atoms with Crippen molar-refractivity contribution in [3.05, 3.63) is 53.4 Å². The number of rotatable bonds is 1. The van der Waals surface area contributed by atoms with Crippen LogP contribution in [-0.4, -0.2) is 14.4 Å². The minimum atomic E-state index is 0.864. The highest BCUT2D eigenvalue weighted by Crippen LogP contribution is 2.19. The standard InChI is InChI=1S/C12H8BrN3/c13-9-4-6-16-10(7-9)8-15-12(16)11-3-1-2-5-14-11/h1-8H. The number of hydrogen-bond acceptors (Lipinski definition) is 2. The second kappa shape index (κ2) is 3.72. The SMILES string of the molecule is Brc1ccn2c(-c3ccccn3)ncc2c1. The van der Waals surface area contributed by atoms with Gasteiger partial charge in [0.05, 0.1) is 11.7 Å². The van der Waals surface area contributed by atoms with Crippen molar-refractivity contribution in [1.29, 1.82) is 0 Å². The van der Waals surface area contributed by atoms with Crippen LogP contribution >= 0.6 is 15.9 Å². The van der Waals surface area contributed by atoms with E-state index in [9.17, 15) is 0 Å². The van der Waals surface area contributed by atoms with Crippen LogP contribution in [0.3, 0.4) is 0 Å². The highest BCUT2D eigenvalue weighted by Gasteiger charge is 2.06. The van der Waals surface area contributed by atoms with E-state index in [1.54, 1.807) is 6.20 Å². The van der Waals surface area contributed by atoms with Crippen molar-refractivity contribution in [3.8, 4) is 11.5 Å². The Morgan fingerprint density at radius 1 is 1.12 bits per heavy atom. The first-order valence-corrected chi connectivity index (χ1v) is 5.68. The third-order valence-electron chi connectivity index (χ3n) is 2.39. The molecule has 0 aliphatic rings. The molecule has 0 saturated heterocycles. The van der Waals surface area contributed by atoms with E-state index in [0.29, 0.717) is 0 Å². The molecule has 0 radical (unpaired) electrons. The number of aromatic nitrogens is 3. The average Bonchev–Trinajstić information content (AvgIpc) is 2.73. The van der Waals surface area contributed by atoms with E-state index in [1.165, 1.54) is 0 Å². The Morgan fingerprint density at radius 3 is 2.88 bits per heavy atom. The maximum atomic E-state index is 4.39. The first kappa shape index (κ1) is 9.54. The van der Waals surface area contributed by atoms with E-state index >= 15 is 0 Å². The van der Waals surface area contributed by atoms with Crippen LogP contribution in [-0.2, 0) is 0 Å². The summed E-state index contributed by atoms with van der Waals surface area (Å²) in [5, 5.41) is 0. The lowest BCUT2D eigenvalue weighted by Crippen LogP contribution is -1.90. The van der Waals surface area contributed by atoms with Gasteiger partial charge in [-0.3, -0.25) is 9.38 Å². The van der Waals surface area contributed by atoms with Crippen LogP contribution in [0.25, 0.3) is 17.0 Å². The zero-order valence-corrected chi connectivity index (χ0v) is 9.92. The number of halogens is 1. The third-order valence-corrected chi connectivity index (χ3v) is 2.88. The van der Waals surface area contributed by atoms with Gasteiger partial charge in [-0.1, -0.05) is 22.0 Å². The molecule has 0 aliphatic carbocycles. The van der Waals surface area contributed by atoms with Crippen LogP contribution in [0.15, 0.2) is 53.4 Å². The van der Waals surface area contributed by atoms with Gasteiger partial charge in [-0.2, -0.15) is 0 Å².